The van der Waals surface area contributed by atoms with Crippen molar-refractivity contribution in [3.63, 3.8) is 0 Å². The lowest BCUT2D eigenvalue weighted by Crippen LogP contribution is -2.47. The Hall–Kier alpha value is -1.54. The number of nitriles is 1. The van der Waals surface area contributed by atoms with Crippen LogP contribution in [0.5, 0.6) is 0 Å². The molecular formula is C14H24N4O. The number of nitrogens with zero attached hydrogens (tertiary/aromatic N) is 4. The third-order valence-corrected chi connectivity index (χ3v) is 3.36. The highest BCUT2D eigenvalue weighted by Crippen LogP contribution is 2.07. The summed E-state index contributed by atoms with van der Waals surface area (Å²) in [4.78, 5) is 18.1. The zero-order valence-electron chi connectivity index (χ0n) is 12.2. The highest BCUT2D eigenvalue weighted by atomic mass is 16.2. The number of hydrogen-bond acceptors (Lipinski definition) is 4. The van der Waals surface area contributed by atoms with E-state index in [9.17, 15) is 4.79 Å². The molecule has 1 saturated heterocycles. The molecule has 0 spiro atoms. The molecule has 0 unspecified atom stereocenters. The van der Waals surface area contributed by atoms with E-state index >= 15 is 0 Å². The van der Waals surface area contributed by atoms with Gasteiger partial charge in [-0.25, -0.2) is 0 Å². The van der Waals surface area contributed by atoms with E-state index in [4.69, 9.17) is 5.26 Å². The second kappa shape index (κ2) is 7.80. The van der Waals surface area contributed by atoms with E-state index in [0.29, 0.717) is 13.1 Å². The Morgan fingerprint density at radius 2 is 2.00 bits per heavy atom. The summed E-state index contributed by atoms with van der Waals surface area (Å²) in [6.45, 7) is 6.14. The summed E-state index contributed by atoms with van der Waals surface area (Å²) in [5, 5.41) is 9.15. The number of likely N-dealkylation sites (N-methyl/N-ethyl adjacent to an activating group) is 1. The number of carbonyl (C=O) groups excluding carboxylic acids is 1. The first-order valence-corrected chi connectivity index (χ1v) is 6.88. The van der Waals surface area contributed by atoms with Gasteiger partial charge >= 0.3 is 0 Å². The molecule has 0 saturated carbocycles. The van der Waals surface area contributed by atoms with Crippen LogP contribution < -0.4 is 0 Å². The molecule has 0 aromatic carbocycles. The first-order valence-electron chi connectivity index (χ1n) is 6.88. The van der Waals surface area contributed by atoms with E-state index in [-0.39, 0.29) is 11.5 Å². The number of unbranched alkanes of at least 4 members (excludes halogenated alkanes) is 1. The van der Waals surface area contributed by atoms with Gasteiger partial charge in [0.05, 0.1) is 0 Å². The van der Waals surface area contributed by atoms with Gasteiger partial charge in [0.15, 0.2) is 0 Å². The van der Waals surface area contributed by atoms with Gasteiger partial charge in [-0.3, -0.25) is 4.79 Å². The summed E-state index contributed by atoms with van der Waals surface area (Å²) >= 11 is 0. The minimum atomic E-state index is -0.140. The molecule has 5 heteroatoms. The summed E-state index contributed by atoms with van der Waals surface area (Å²) in [7, 11) is 3.95. The number of piperazine rings is 1. The van der Waals surface area contributed by atoms with Crippen molar-refractivity contribution in [2.75, 3.05) is 46.8 Å². The molecule has 0 aromatic rings. The average Bonchev–Trinajstić information content (AvgIpc) is 2.42. The highest BCUT2D eigenvalue weighted by Gasteiger charge is 2.22. The second-order valence-electron chi connectivity index (χ2n) is 5.08. The molecule has 0 bridgehead atoms. The standard InChI is InChI=1S/C14H24N4O/c1-4-5-6-17(3)12-13(11-15)14(19)18-9-7-16(2)8-10-18/h12H,4-10H2,1-3H3/b13-12-. The molecule has 0 radical (unpaired) electrons. The van der Waals surface area contributed by atoms with Gasteiger partial charge in [-0.15, -0.1) is 0 Å². The Kier molecular flexibility index (Phi) is 6.37. The first-order chi connectivity index (χ1) is 9.08. The van der Waals surface area contributed by atoms with Crippen molar-refractivity contribution in [3.05, 3.63) is 11.8 Å². The van der Waals surface area contributed by atoms with E-state index < -0.39 is 0 Å². The van der Waals surface area contributed by atoms with Gasteiger partial charge in [-0.2, -0.15) is 5.26 Å². The zero-order chi connectivity index (χ0) is 14.3. The van der Waals surface area contributed by atoms with Crippen molar-refractivity contribution in [1.82, 2.24) is 14.7 Å². The average molecular weight is 264 g/mol. The van der Waals surface area contributed by atoms with Gasteiger partial charge < -0.3 is 14.7 Å². The van der Waals surface area contributed by atoms with Crippen molar-refractivity contribution in [1.29, 1.82) is 5.26 Å². The van der Waals surface area contributed by atoms with Crippen LogP contribution in [0.1, 0.15) is 19.8 Å². The van der Waals surface area contributed by atoms with Crippen molar-refractivity contribution in [2.45, 2.75) is 19.8 Å². The maximum atomic E-state index is 12.2. The number of amides is 1. The quantitative estimate of drug-likeness (QED) is 0.547. The lowest BCUT2D eigenvalue weighted by atomic mass is 10.2. The second-order valence-corrected chi connectivity index (χ2v) is 5.08. The largest absolute Gasteiger partial charge is 0.379 e. The molecule has 5 nitrogen and oxygen atoms in total. The molecule has 1 aliphatic rings. The Morgan fingerprint density at radius 3 is 2.53 bits per heavy atom. The number of hydrogen-bond donors (Lipinski definition) is 0. The van der Waals surface area contributed by atoms with Crippen molar-refractivity contribution in [2.24, 2.45) is 0 Å². The maximum absolute atomic E-state index is 12.2. The van der Waals surface area contributed by atoms with Crippen LogP contribution in [0.25, 0.3) is 0 Å². The molecule has 0 aliphatic carbocycles. The minimum absolute atomic E-state index is 0.140. The predicted molar refractivity (Wildman–Crippen MR) is 75.3 cm³/mol. The van der Waals surface area contributed by atoms with Crippen LogP contribution in [0, 0.1) is 11.3 Å². The summed E-state index contributed by atoms with van der Waals surface area (Å²) < 4.78 is 0. The smallest absolute Gasteiger partial charge is 0.266 e. The van der Waals surface area contributed by atoms with Gasteiger partial charge in [-0.05, 0) is 13.5 Å². The van der Waals surface area contributed by atoms with Gasteiger partial charge in [0.2, 0.25) is 0 Å². The normalized spacial score (nSPS) is 17.2. The fourth-order valence-electron chi connectivity index (χ4n) is 2.00. The van der Waals surface area contributed by atoms with E-state index in [1.807, 2.05) is 25.1 Å². The Labute approximate surface area is 116 Å². The van der Waals surface area contributed by atoms with Gasteiger partial charge in [-0.1, -0.05) is 13.3 Å². The molecule has 1 aliphatic heterocycles. The van der Waals surface area contributed by atoms with Crippen LogP contribution in [-0.4, -0.2) is 67.4 Å². The summed E-state index contributed by atoms with van der Waals surface area (Å²) in [5.74, 6) is -0.140. The molecule has 1 heterocycles. The lowest BCUT2D eigenvalue weighted by molar-refractivity contribution is -0.128. The highest BCUT2D eigenvalue weighted by molar-refractivity contribution is 5.97. The summed E-state index contributed by atoms with van der Waals surface area (Å²) in [6.07, 6.45) is 3.84. The van der Waals surface area contributed by atoms with E-state index in [1.165, 1.54) is 0 Å². The molecule has 19 heavy (non-hydrogen) atoms. The minimum Gasteiger partial charge on any atom is -0.379 e. The van der Waals surface area contributed by atoms with Crippen LogP contribution in [0.4, 0.5) is 0 Å². The molecule has 1 rings (SSSR count). The molecule has 106 valence electrons. The van der Waals surface area contributed by atoms with E-state index in [2.05, 4.69) is 11.8 Å². The molecule has 1 fully saturated rings. The third kappa shape index (κ3) is 4.92. The van der Waals surface area contributed by atoms with Crippen molar-refractivity contribution >= 4 is 5.91 Å². The Balaban J connectivity index is 2.61. The van der Waals surface area contributed by atoms with E-state index in [0.717, 1.165) is 32.5 Å². The molecule has 1 amide bonds. The molecule has 0 atom stereocenters. The Bertz CT molecular complexity index is 364. The Morgan fingerprint density at radius 1 is 1.37 bits per heavy atom. The molecule has 0 aromatic heterocycles. The zero-order valence-corrected chi connectivity index (χ0v) is 12.2. The maximum Gasteiger partial charge on any atom is 0.266 e. The van der Waals surface area contributed by atoms with Crippen LogP contribution >= 0.6 is 0 Å². The van der Waals surface area contributed by atoms with Crippen molar-refractivity contribution in [3.8, 4) is 6.07 Å². The third-order valence-electron chi connectivity index (χ3n) is 3.36. The van der Waals surface area contributed by atoms with Crippen LogP contribution in [0.2, 0.25) is 0 Å². The molecular weight excluding hydrogens is 240 g/mol. The summed E-state index contributed by atoms with van der Waals surface area (Å²) in [6, 6.07) is 2.03. The first kappa shape index (κ1) is 15.5. The fraction of sp³-hybridized carbons (Fsp3) is 0.714. The number of carbonyl (C=O) groups is 1. The molecule has 0 N–H and O–H groups in total. The van der Waals surface area contributed by atoms with Gasteiger partial charge in [0, 0.05) is 46.0 Å². The van der Waals surface area contributed by atoms with E-state index in [1.54, 1.807) is 11.1 Å². The van der Waals surface area contributed by atoms with Crippen LogP contribution in [-0.2, 0) is 4.79 Å². The van der Waals surface area contributed by atoms with Gasteiger partial charge in [0.1, 0.15) is 11.6 Å². The van der Waals surface area contributed by atoms with Crippen LogP contribution in [0.15, 0.2) is 11.8 Å². The van der Waals surface area contributed by atoms with Crippen molar-refractivity contribution < 1.29 is 4.79 Å². The fourth-order valence-corrected chi connectivity index (χ4v) is 2.00. The predicted octanol–water partition coefficient (Wildman–Crippen LogP) is 0.900. The number of rotatable bonds is 5. The lowest BCUT2D eigenvalue weighted by Gasteiger charge is -2.32. The van der Waals surface area contributed by atoms with Gasteiger partial charge in [0.25, 0.3) is 5.91 Å². The van der Waals surface area contributed by atoms with Crippen LogP contribution in [0.3, 0.4) is 0 Å². The summed E-state index contributed by atoms with van der Waals surface area (Å²) in [5.41, 5.74) is 0.239. The SMILES string of the molecule is CCCCN(C)/C=C(/C#N)C(=O)N1CCN(C)CC1. The monoisotopic (exact) mass is 264 g/mol. The topological polar surface area (TPSA) is 50.6 Å².